The molecule has 7 heteroatoms. The van der Waals surface area contributed by atoms with Gasteiger partial charge in [-0.25, -0.2) is 0 Å². The lowest BCUT2D eigenvalue weighted by Gasteiger charge is -2.26. The number of H-pyrrole nitrogens is 1. The fraction of sp³-hybridized carbons (Fsp3) is 0.583. The Morgan fingerprint density at radius 2 is 2.21 bits per heavy atom. The predicted octanol–water partition coefficient (Wildman–Crippen LogP) is 3.00. The number of nitrogens with one attached hydrogen (secondary N) is 1. The first-order valence-corrected chi connectivity index (χ1v) is 7.20. The van der Waals surface area contributed by atoms with Gasteiger partial charge in [-0.1, -0.05) is 0 Å². The van der Waals surface area contributed by atoms with Crippen molar-refractivity contribution in [2.24, 2.45) is 0 Å². The van der Waals surface area contributed by atoms with Gasteiger partial charge in [0.2, 0.25) is 0 Å². The molecule has 0 saturated carbocycles. The summed E-state index contributed by atoms with van der Waals surface area (Å²) in [6, 6.07) is 2.15. The van der Waals surface area contributed by atoms with Gasteiger partial charge in [0.05, 0.1) is 0 Å². The number of hydrogen-bond donors (Lipinski definition) is 1. The molecule has 1 amide bonds. The van der Waals surface area contributed by atoms with E-state index >= 15 is 0 Å². The number of halogens is 3. The summed E-state index contributed by atoms with van der Waals surface area (Å²) in [6.45, 7) is 2.51. The topological polar surface area (TPSA) is 36.1 Å². The molecule has 0 spiro atoms. The van der Waals surface area contributed by atoms with Gasteiger partial charge in [-0.3, -0.25) is 4.79 Å². The van der Waals surface area contributed by atoms with Crippen LogP contribution in [0.1, 0.15) is 29.5 Å². The van der Waals surface area contributed by atoms with Gasteiger partial charge in [0.25, 0.3) is 5.91 Å². The second-order valence-electron chi connectivity index (χ2n) is 4.56. The van der Waals surface area contributed by atoms with Crippen LogP contribution in [0.4, 0.5) is 13.2 Å². The molecule has 1 aromatic heterocycles. The van der Waals surface area contributed by atoms with Crippen molar-refractivity contribution in [3.05, 3.63) is 23.5 Å². The number of thioether (sulfide) groups is 1. The number of aromatic amines is 1. The highest BCUT2D eigenvalue weighted by Gasteiger charge is 2.33. The standard InChI is InChI=1S/C12H15F3N2OS/c1-8-7-19-6-2-5-17(8)11(18)9-3-4-10(16-9)12(13,14)15/h3-4,8,16H,2,5-7H2,1H3. The fourth-order valence-electron chi connectivity index (χ4n) is 2.04. The van der Waals surface area contributed by atoms with Crippen LogP contribution in [0, 0.1) is 0 Å². The zero-order valence-corrected chi connectivity index (χ0v) is 11.3. The highest BCUT2D eigenvalue weighted by Crippen LogP contribution is 2.28. The maximum atomic E-state index is 12.5. The average Bonchev–Trinajstić information content (AvgIpc) is 2.73. The first-order valence-electron chi connectivity index (χ1n) is 6.04. The maximum absolute atomic E-state index is 12.5. The summed E-state index contributed by atoms with van der Waals surface area (Å²) in [5.74, 6) is 1.44. The van der Waals surface area contributed by atoms with Crippen LogP contribution in [0.3, 0.4) is 0 Å². The number of hydrogen-bond acceptors (Lipinski definition) is 2. The second-order valence-corrected chi connectivity index (χ2v) is 5.71. The normalized spacial score (nSPS) is 21.3. The Morgan fingerprint density at radius 3 is 2.84 bits per heavy atom. The second kappa shape index (κ2) is 5.48. The summed E-state index contributed by atoms with van der Waals surface area (Å²) >= 11 is 1.77. The minimum Gasteiger partial charge on any atom is -0.347 e. The van der Waals surface area contributed by atoms with Gasteiger partial charge in [-0.05, 0) is 31.2 Å². The first kappa shape index (κ1) is 14.3. The third kappa shape index (κ3) is 3.26. The number of rotatable bonds is 1. The molecule has 1 atom stereocenters. The van der Waals surface area contributed by atoms with Crippen molar-refractivity contribution in [2.45, 2.75) is 25.6 Å². The van der Waals surface area contributed by atoms with Crippen LogP contribution in [0.25, 0.3) is 0 Å². The zero-order valence-electron chi connectivity index (χ0n) is 10.5. The van der Waals surface area contributed by atoms with Crippen molar-refractivity contribution in [1.82, 2.24) is 9.88 Å². The molecule has 106 valence electrons. The number of alkyl halides is 3. The third-order valence-electron chi connectivity index (χ3n) is 3.06. The molecule has 1 N–H and O–H groups in total. The van der Waals surface area contributed by atoms with Crippen molar-refractivity contribution < 1.29 is 18.0 Å². The van der Waals surface area contributed by atoms with E-state index in [0.717, 1.165) is 24.0 Å². The number of amides is 1. The summed E-state index contributed by atoms with van der Waals surface area (Å²) in [5, 5.41) is 0. The summed E-state index contributed by atoms with van der Waals surface area (Å²) in [6.07, 6.45) is -3.58. The fourth-order valence-corrected chi connectivity index (χ4v) is 3.06. The smallest absolute Gasteiger partial charge is 0.347 e. The lowest BCUT2D eigenvalue weighted by molar-refractivity contribution is -0.140. The molecule has 1 unspecified atom stereocenters. The molecule has 2 heterocycles. The molecule has 1 aliphatic heterocycles. The van der Waals surface area contributed by atoms with Gasteiger partial charge in [-0.2, -0.15) is 24.9 Å². The van der Waals surface area contributed by atoms with E-state index in [0.29, 0.717) is 6.54 Å². The SMILES string of the molecule is CC1CSCCCN1C(=O)c1ccc(C(F)(F)F)[nH]1. The van der Waals surface area contributed by atoms with E-state index in [9.17, 15) is 18.0 Å². The maximum Gasteiger partial charge on any atom is 0.431 e. The molecule has 0 aliphatic carbocycles. The van der Waals surface area contributed by atoms with Crippen molar-refractivity contribution in [3.8, 4) is 0 Å². The molecule has 0 radical (unpaired) electrons. The molecule has 19 heavy (non-hydrogen) atoms. The number of carbonyl (C=O) groups excluding carboxylic acids is 1. The number of carbonyl (C=O) groups is 1. The molecule has 0 bridgehead atoms. The van der Waals surface area contributed by atoms with Gasteiger partial charge in [-0.15, -0.1) is 0 Å². The van der Waals surface area contributed by atoms with Gasteiger partial charge < -0.3 is 9.88 Å². The Balaban J connectivity index is 2.16. The Labute approximate surface area is 113 Å². The van der Waals surface area contributed by atoms with E-state index in [1.807, 2.05) is 6.92 Å². The molecular formula is C12H15F3N2OS. The van der Waals surface area contributed by atoms with Crippen molar-refractivity contribution in [3.63, 3.8) is 0 Å². The first-order chi connectivity index (χ1) is 8.89. The van der Waals surface area contributed by atoms with Gasteiger partial charge >= 0.3 is 6.18 Å². The summed E-state index contributed by atoms with van der Waals surface area (Å²) in [7, 11) is 0. The van der Waals surface area contributed by atoms with E-state index in [1.54, 1.807) is 16.7 Å². The number of aromatic nitrogens is 1. The van der Waals surface area contributed by atoms with Crippen molar-refractivity contribution in [2.75, 3.05) is 18.1 Å². The monoisotopic (exact) mass is 292 g/mol. The highest BCUT2D eigenvalue weighted by atomic mass is 32.2. The lowest BCUT2D eigenvalue weighted by Crippen LogP contribution is -2.39. The minimum atomic E-state index is -4.45. The van der Waals surface area contributed by atoms with Gasteiger partial charge in [0, 0.05) is 18.3 Å². The predicted molar refractivity (Wildman–Crippen MR) is 68.2 cm³/mol. The molecule has 1 saturated heterocycles. The van der Waals surface area contributed by atoms with Crippen LogP contribution in [-0.4, -0.2) is 39.9 Å². The van der Waals surface area contributed by atoms with Crippen LogP contribution in [0.2, 0.25) is 0 Å². The molecule has 1 aromatic rings. The van der Waals surface area contributed by atoms with E-state index in [-0.39, 0.29) is 17.6 Å². The largest absolute Gasteiger partial charge is 0.431 e. The van der Waals surface area contributed by atoms with Gasteiger partial charge in [0.1, 0.15) is 11.4 Å². The Morgan fingerprint density at radius 1 is 1.47 bits per heavy atom. The number of nitrogens with zero attached hydrogens (tertiary/aromatic N) is 1. The average molecular weight is 292 g/mol. The van der Waals surface area contributed by atoms with Crippen LogP contribution >= 0.6 is 11.8 Å². The summed E-state index contributed by atoms with van der Waals surface area (Å²) in [4.78, 5) is 16.0. The molecular weight excluding hydrogens is 277 g/mol. The lowest BCUT2D eigenvalue weighted by atomic mass is 10.2. The highest BCUT2D eigenvalue weighted by molar-refractivity contribution is 7.99. The summed E-state index contributed by atoms with van der Waals surface area (Å²) < 4.78 is 37.5. The molecule has 1 fully saturated rings. The Hall–Kier alpha value is -1.11. The third-order valence-corrected chi connectivity index (χ3v) is 4.36. The molecule has 1 aliphatic rings. The van der Waals surface area contributed by atoms with Crippen molar-refractivity contribution in [1.29, 1.82) is 0 Å². The van der Waals surface area contributed by atoms with E-state index in [4.69, 9.17) is 0 Å². The van der Waals surface area contributed by atoms with Crippen LogP contribution in [0.5, 0.6) is 0 Å². The Kier molecular flexibility index (Phi) is 4.13. The Bertz CT molecular complexity index is 458. The van der Waals surface area contributed by atoms with Crippen LogP contribution in [-0.2, 0) is 6.18 Å². The quantitative estimate of drug-likeness (QED) is 0.863. The van der Waals surface area contributed by atoms with E-state index in [1.165, 1.54) is 6.07 Å². The minimum absolute atomic E-state index is 0.00563. The van der Waals surface area contributed by atoms with Crippen LogP contribution < -0.4 is 0 Å². The summed E-state index contributed by atoms with van der Waals surface area (Å²) in [5.41, 5.74) is -0.876. The van der Waals surface area contributed by atoms with E-state index < -0.39 is 11.9 Å². The molecule has 3 nitrogen and oxygen atoms in total. The van der Waals surface area contributed by atoms with Crippen molar-refractivity contribution >= 4 is 17.7 Å². The van der Waals surface area contributed by atoms with E-state index in [2.05, 4.69) is 4.98 Å². The molecule has 2 rings (SSSR count). The van der Waals surface area contributed by atoms with Crippen LogP contribution in [0.15, 0.2) is 12.1 Å². The molecule has 0 aromatic carbocycles. The van der Waals surface area contributed by atoms with Gasteiger partial charge in [0.15, 0.2) is 0 Å². The zero-order chi connectivity index (χ0) is 14.0.